The molecule has 0 radical (unpaired) electrons. The van der Waals surface area contributed by atoms with Gasteiger partial charge in [-0.15, -0.1) is 0 Å². The smallest absolute Gasteiger partial charge is 0.0574 e. The minimum absolute atomic E-state index is 0.0493. The molecule has 2 nitrogen and oxygen atoms in total. The van der Waals surface area contributed by atoms with E-state index >= 15 is 0 Å². The number of aliphatic hydroxyl groups is 2. The average molecular weight is 278 g/mol. The normalized spacial score (nSPS) is 59.5. The van der Waals surface area contributed by atoms with Crippen LogP contribution in [0.4, 0.5) is 0 Å². The third-order valence-electron chi connectivity index (χ3n) is 8.19. The zero-order valence-corrected chi connectivity index (χ0v) is 13.2. The molecule has 2 N–H and O–H groups in total. The largest absolute Gasteiger partial charge is 0.396 e. The summed E-state index contributed by atoms with van der Waals surface area (Å²) < 4.78 is 0. The fourth-order valence-electron chi connectivity index (χ4n) is 7.52. The molecule has 0 aromatic heterocycles. The molecule has 0 amide bonds. The molecule has 1 spiro atoms. The first-order valence-corrected chi connectivity index (χ1v) is 8.67. The van der Waals surface area contributed by atoms with Gasteiger partial charge in [-0.25, -0.2) is 0 Å². The molecule has 7 atom stereocenters. The van der Waals surface area contributed by atoms with Crippen molar-refractivity contribution in [3.8, 4) is 0 Å². The van der Waals surface area contributed by atoms with Crippen molar-refractivity contribution in [2.45, 2.75) is 65.4 Å². The lowest BCUT2D eigenvalue weighted by Gasteiger charge is -2.53. The van der Waals surface area contributed by atoms with Gasteiger partial charge < -0.3 is 10.2 Å². The molecule has 20 heavy (non-hydrogen) atoms. The molecule has 0 bridgehead atoms. The zero-order chi connectivity index (χ0) is 14.3. The molecule has 0 aromatic carbocycles. The molecule has 2 heteroatoms. The van der Waals surface area contributed by atoms with Crippen LogP contribution in [0, 0.1) is 39.9 Å². The van der Waals surface area contributed by atoms with Crippen LogP contribution in [0.1, 0.15) is 59.3 Å². The summed E-state index contributed by atoms with van der Waals surface area (Å²) in [5.74, 6) is 2.57. The van der Waals surface area contributed by atoms with Gasteiger partial charge in [0.15, 0.2) is 0 Å². The predicted molar refractivity (Wildman–Crippen MR) is 79.1 cm³/mol. The first-order chi connectivity index (χ1) is 9.38. The number of aliphatic hydroxyl groups excluding tert-OH is 2. The molecule has 0 unspecified atom stereocenters. The van der Waals surface area contributed by atoms with Gasteiger partial charge in [0.25, 0.3) is 0 Å². The number of fused-ring (bicyclic) bond motifs is 2. The van der Waals surface area contributed by atoms with Crippen molar-refractivity contribution in [3.63, 3.8) is 0 Å². The minimum Gasteiger partial charge on any atom is -0.396 e. The SMILES string of the molecule is CC1(C)CCC[C@H]2[C@@H]3C[C@H](O)[C@H]4CC[C@@](C)(CO)[C@@H]4[C@]231. The summed E-state index contributed by atoms with van der Waals surface area (Å²) in [4.78, 5) is 0. The quantitative estimate of drug-likeness (QED) is 0.773. The maximum Gasteiger partial charge on any atom is 0.0574 e. The number of hydrogen-bond donors (Lipinski definition) is 2. The van der Waals surface area contributed by atoms with Gasteiger partial charge in [-0.2, -0.15) is 0 Å². The van der Waals surface area contributed by atoms with Gasteiger partial charge in [0.1, 0.15) is 0 Å². The molecule has 0 heterocycles. The Labute approximate surface area is 123 Å². The molecule has 0 aliphatic heterocycles. The summed E-state index contributed by atoms with van der Waals surface area (Å²) >= 11 is 0. The summed E-state index contributed by atoms with van der Waals surface area (Å²) in [5, 5.41) is 20.7. The highest BCUT2D eigenvalue weighted by Gasteiger charge is 2.80. The van der Waals surface area contributed by atoms with Crippen LogP contribution in [0.25, 0.3) is 0 Å². The van der Waals surface area contributed by atoms with Crippen molar-refractivity contribution in [1.82, 2.24) is 0 Å². The molecule has 0 saturated heterocycles. The van der Waals surface area contributed by atoms with Gasteiger partial charge in [0.2, 0.25) is 0 Å². The lowest BCUT2D eigenvalue weighted by Crippen LogP contribution is -2.50. The zero-order valence-electron chi connectivity index (χ0n) is 13.2. The van der Waals surface area contributed by atoms with Crippen molar-refractivity contribution in [1.29, 1.82) is 0 Å². The lowest BCUT2D eigenvalue weighted by atomic mass is 9.52. The van der Waals surface area contributed by atoms with Crippen molar-refractivity contribution in [2.24, 2.45) is 39.9 Å². The van der Waals surface area contributed by atoms with Gasteiger partial charge in [-0.05, 0) is 72.0 Å². The van der Waals surface area contributed by atoms with E-state index in [2.05, 4.69) is 20.8 Å². The molecule has 114 valence electrons. The van der Waals surface area contributed by atoms with E-state index in [0.717, 1.165) is 31.1 Å². The molecule has 0 aromatic rings. The van der Waals surface area contributed by atoms with Crippen molar-refractivity contribution in [3.05, 3.63) is 0 Å². The summed E-state index contributed by atoms with van der Waals surface area (Å²) in [6, 6.07) is 0. The van der Waals surface area contributed by atoms with E-state index < -0.39 is 0 Å². The summed E-state index contributed by atoms with van der Waals surface area (Å²) in [5.41, 5.74) is 0.876. The van der Waals surface area contributed by atoms with Crippen LogP contribution in [0.2, 0.25) is 0 Å². The van der Waals surface area contributed by atoms with Crippen molar-refractivity contribution < 1.29 is 10.2 Å². The van der Waals surface area contributed by atoms with Crippen LogP contribution >= 0.6 is 0 Å². The van der Waals surface area contributed by atoms with Crippen LogP contribution < -0.4 is 0 Å². The number of hydrogen-bond acceptors (Lipinski definition) is 2. The van der Waals surface area contributed by atoms with Crippen molar-refractivity contribution in [2.75, 3.05) is 6.61 Å². The van der Waals surface area contributed by atoms with Crippen LogP contribution in [0.15, 0.2) is 0 Å². The maximum absolute atomic E-state index is 10.6. The van der Waals surface area contributed by atoms with E-state index in [4.69, 9.17) is 0 Å². The first kappa shape index (κ1) is 13.6. The fraction of sp³-hybridized carbons (Fsp3) is 1.00. The Morgan fingerprint density at radius 1 is 1.05 bits per heavy atom. The standard InChI is InChI=1S/C18H30O2/c1-16(2)7-4-5-12-13-9-14(20)11-6-8-17(3,10-19)15(11)18(12,13)16/h11-15,19-20H,4-10H2,1-3H3/t11-,12+,13+,14+,15-,17+,18+/m1/s1. The van der Waals surface area contributed by atoms with E-state index in [1.165, 1.54) is 19.3 Å². The average Bonchev–Trinajstić information content (AvgIpc) is 2.91. The second kappa shape index (κ2) is 3.81. The van der Waals surface area contributed by atoms with Crippen molar-refractivity contribution >= 4 is 0 Å². The highest BCUT2D eigenvalue weighted by molar-refractivity contribution is 5.27. The summed E-state index contributed by atoms with van der Waals surface area (Å²) in [7, 11) is 0. The third-order valence-corrected chi connectivity index (χ3v) is 8.19. The molecule has 4 aliphatic rings. The Bertz CT molecular complexity index is 431. The Morgan fingerprint density at radius 3 is 2.50 bits per heavy atom. The fourth-order valence-corrected chi connectivity index (χ4v) is 7.52. The van der Waals surface area contributed by atoms with E-state index in [0.29, 0.717) is 29.3 Å². The molecule has 4 fully saturated rings. The Hall–Kier alpha value is -0.0800. The van der Waals surface area contributed by atoms with E-state index in [1.54, 1.807) is 0 Å². The third kappa shape index (κ3) is 1.30. The first-order valence-electron chi connectivity index (χ1n) is 8.67. The van der Waals surface area contributed by atoms with Crippen LogP contribution in [-0.4, -0.2) is 22.9 Å². The van der Waals surface area contributed by atoms with Gasteiger partial charge in [-0.3, -0.25) is 0 Å². The minimum atomic E-state index is -0.106. The predicted octanol–water partition coefficient (Wildman–Crippen LogP) is 3.22. The Morgan fingerprint density at radius 2 is 1.80 bits per heavy atom. The maximum atomic E-state index is 10.6. The molecule has 4 saturated carbocycles. The Balaban J connectivity index is 1.83. The van der Waals surface area contributed by atoms with Crippen LogP contribution in [0.5, 0.6) is 0 Å². The van der Waals surface area contributed by atoms with Crippen LogP contribution in [-0.2, 0) is 0 Å². The molecule has 4 aliphatic carbocycles. The van der Waals surface area contributed by atoms with Gasteiger partial charge in [-0.1, -0.05) is 27.2 Å². The highest BCUT2D eigenvalue weighted by Crippen LogP contribution is 2.84. The van der Waals surface area contributed by atoms with Crippen LogP contribution in [0.3, 0.4) is 0 Å². The van der Waals surface area contributed by atoms with Gasteiger partial charge in [0, 0.05) is 6.61 Å². The second-order valence-electron chi connectivity index (χ2n) is 9.22. The lowest BCUT2D eigenvalue weighted by molar-refractivity contribution is -0.0939. The topological polar surface area (TPSA) is 40.5 Å². The monoisotopic (exact) mass is 278 g/mol. The van der Waals surface area contributed by atoms with E-state index in [-0.39, 0.29) is 11.5 Å². The summed E-state index contributed by atoms with van der Waals surface area (Å²) in [6.07, 6.45) is 7.22. The molecular weight excluding hydrogens is 248 g/mol. The van der Waals surface area contributed by atoms with Gasteiger partial charge in [0.05, 0.1) is 6.10 Å². The molecule has 4 rings (SSSR count). The Kier molecular flexibility index (Phi) is 2.59. The molecular formula is C18H30O2. The van der Waals surface area contributed by atoms with E-state index in [1.807, 2.05) is 0 Å². The highest BCUT2D eigenvalue weighted by atomic mass is 16.3. The summed E-state index contributed by atoms with van der Waals surface area (Å²) in [6.45, 7) is 7.55. The number of rotatable bonds is 1. The second-order valence-corrected chi connectivity index (χ2v) is 9.22. The van der Waals surface area contributed by atoms with Gasteiger partial charge >= 0.3 is 0 Å². The van der Waals surface area contributed by atoms with E-state index in [9.17, 15) is 10.2 Å².